The Labute approximate surface area is 86.9 Å². The topological polar surface area (TPSA) is 84.9 Å². The van der Waals surface area contributed by atoms with Crippen LogP contribution in [0.15, 0.2) is 12.7 Å². The molecule has 6 heteroatoms. The third-order valence-electron chi connectivity index (χ3n) is 2.01. The van der Waals surface area contributed by atoms with E-state index < -0.39 is 18.1 Å². The maximum Gasteiger partial charge on any atom is 0.408 e. The van der Waals surface area contributed by atoms with Gasteiger partial charge >= 0.3 is 12.1 Å². The van der Waals surface area contributed by atoms with Crippen LogP contribution < -0.4 is 5.32 Å². The van der Waals surface area contributed by atoms with Crippen molar-refractivity contribution in [2.75, 3.05) is 19.8 Å². The molecule has 1 rings (SSSR count). The smallest absolute Gasteiger partial charge is 0.408 e. The minimum atomic E-state index is -1.08. The quantitative estimate of drug-likeness (QED) is 0.630. The van der Waals surface area contributed by atoms with Crippen molar-refractivity contribution in [2.45, 2.75) is 6.04 Å². The lowest BCUT2D eigenvalue weighted by Crippen LogP contribution is -2.52. The van der Waals surface area contributed by atoms with E-state index in [0.717, 1.165) is 0 Å². The predicted octanol–water partition coefficient (Wildman–Crippen LogP) is -0.00180. The SMILES string of the molecule is C=CCOC(=O)NC(C(=O)O)C1COC1. The number of alkyl carbamates (subject to hydrolysis) is 1. The summed E-state index contributed by atoms with van der Waals surface area (Å²) in [6, 6.07) is -0.948. The Morgan fingerprint density at radius 3 is 2.73 bits per heavy atom. The van der Waals surface area contributed by atoms with E-state index in [-0.39, 0.29) is 12.5 Å². The molecular weight excluding hydrogens is 202 g/mol. The second-order valence-electron chi connectivity index (χ2n) is 3.14. The van der Waals surface area contributed by atoms with Crippen molar-refractivity contribution in [3.05, 3.63) is 12.7 Å². The zero-order valence-corrected chi connectivity index (χ0v) is 8.14. The van der Waals surface area contributed by atoms with Crippen LogP contribution in [-0.2, 0) is 14.3 Å². The summed E-state index contributed by atoms with van der Waals surface area (Å²) in [4.78, 5) is 21.9. The minimum absolute atomic E-state index is 0.0549. The van der Waals surface area contributed by atoms with Gasteiger partial charge in [-0.2, -0.15) is 0 Å². The number of hydrogen-bond donors (Lipinski definition) is 2. The van der Waals surface area contributed by atoms with Crippen molar-refractivity contribution < 1.29 is 24.2 Å². The minimum Gasteiger partial charge on any atom is -0.480 e. The summed E-state index contributed by atoms with van der Waals surface area (Å²) in [5, 5.41) is 11.1. The van der Waals surface area contributed by atoms with E-state index >= 15 is 0 Å². The van der Waals surface area contributed by atoms with E-state index in [1.807, 2.05) is 0 Å². The lowest BCUT2D eigenvalue weighted by atomic mass is 9.98. The molecule has 15 heavy (non-hydrogen) atoms. The van der Waals surface area contributed by atoms with Gasteiger partial charge in [0.15, 0.2) is 0 Å². The first-order valence-electron chi connectivity index (χ1n) is 4.50. The van der Waals surface area contributed by atoms with Gasteiger partial charge in [-0.25, -0.2) is 9.59 Å². The van der Waals surface area contributed by atoms with Crippen LogP contribution in [-0.4, -0.2) is 43.0 Å². The molecule has 1 fully saturated rings. The fraction of sp³-hybridized carbons (Fsp3) is 0.556. The van der Waals surface area contributed by atoms with Crippen LogP contribution in [0.1, 0.15) is 0 Å². The van der Waals surface area contributed by atoms with Gasteiger partial charge in [0.05, 0.1) is 13.2 Å². The van der Waals surface area contributed by atoms with E-state index in [4.69, 9.17) is 9.84 Å². The van der Waals surface area contributed by atoms with Crippen molar-refractivity contribution >= 4 is 12.1 Å². The number of amides is 1. The van der Waals surface area contributed by atoms with E-state index in [1.165, 1.54) is 6.08 Å². The van der Waals surface area contributed by atoms with Gasteiger partial charge in [-0.1, -0.05) is 12.7 Å². The predicted molar refractivity (Wildman–Crippen MR) is 50.4 cm³/mol. The van der Waals surface area contributed by atoms with Gasteiger partial charge in [0, 0.05) is 5.92 Å². The normalized spacial score (nSPS) is 17.3. The number of nitrogens with one attached hydrogen (secondary N) is 1. The molecule has 0 spiro atoms. The van der Waals surface area contributed by atoms with E-state index in [2.05, 4.69) is 16.6 Å². The molecule has 1 aliphatic rings. The number of hydrogen-bond acceptors (Lipinski definition) is 4. The van der Waals surface area contributed by atoms with Gasteiger partial charge in [0.1, 0.15) is 12.6 Å². The van der Waals surface area contributed by atoms with Crippen LogP contribution in [0.2, 0.25) is 0 Å². The molecule has 84 valence electrons. The zero-order valence-electron chi connectivity index (χ0n) is 8.14. The van der Waals surface area contributed by atoms with Gasteiger partial charge in [0.2, 0.25) is 0 Å². The molecule has 0 aliphatic carbocycles. The fourth-order valence-corrected chi connectivity index (χ4v) is 1.13. The molecular formula is C9H13NO5. The second-order valence-corrected chi connectivity index (χ2v) is 3.14. The summed E-state index contributed by atoms with van der Waals surface area (Å²) >= 11 is 0. The van der Waals surface area contributed by atoms with Crippen molar-refractivity contribution in [1.29, 1.82) is 0 Å². The highest BCUT2D eigenvalue weighted by Crippen LogP contribution is 2.15. The molecule has 0 radical (unpaired) electrons. The molecule has 1 saturated heterocycles. The lowest BCUT2D eigenvalue weighted by Gasteiger charge is -2.31. The number of carbonyl (C=O) groups is 2. The monoisotopic (exact) mass is 215 g/mol. The molecule has 1 unspecified atom stereocenters. The lowest BCUT2D eigenvalue weighted by molar-refractivity contribution is -0.147. The van der Waals surface area contributed by atoms with Crippen LogP contribution in [0.25, 0.3) is 0 Å². The standard InChI is InChI=1S/C9H13NO5/c1-2-3-15-9(13)10-7(8(11)12)6-4-14-5-6/h2,6-7H,1,3-5H2,(H,10,13)(H,11,12). The fourth-order valence-electron chi connectivity index (χ4n) is 1.13. The summed E-state index contributed by atoms with van der Waals surface area (Å²) in [5.74, 6) is -1.27. The summed E-state index contributed by atoms with van der Waals surface area (Å²) in [5.41, 5.74) is 0. The Morgan fingerprint density at radius 1 is 1.67 bits per heavy atom. The second kappa shape index (κ2) is 5.35. The van der Waals surface area contributed by atoms with Crippen molar-refractivity contribution in [2.24, 2.45) is 5.92 Å². The van der Waals surface area contributed by atoms with Gasteiger partial charge in [-0.15, -0.1) is 0 Å². The maximum atomic E-state index is 11.1. The Balaban J connectivity index is 2.39. The number of carbonyl (C=O) groups excluding carboxylic acids is 1. The molecule has 0 aromatic carbocycles. The molecule has 6 nitrogen and oxygen atoms in total. The number of rotatable bonds is 5. The summed E-state index contributed by atoms with van der Waals surface area (Å²) in [6.45, 7) is 4.11. The summed E-state index contributed by atoms with van der Waals surface area (Å²) in [7, 11) is 0. The molecule has 2 N–H and O–H groups in total. The molecule has 0 bridgehead atoms. The van der Waals surface area contributed by atoms with Crippen LogP contribution >= 0.6 is 0 Å². The first-order valence-corrected chi connectivity index (χ1v) is 4.50. The van der Waals surface area contributed by atoms with Crippen LogP contribution in [0, 0.1) is 5.92 Å². The number of carboxylic acids is 1. The van der Waals surface area contributed by atoms with Crippen molar-refractivity contribution in [1.82, 2.24) is 5.32 Å². The molecule has 1 aliphatic heterocycles. The average molecular weight is 215 g/mol. The molecule has 1 heterocycles. The van der Waals surface area contributed by atoms with Crippen molar-refractivity contribution in [3.63, 3.8) is 0 Å². The van der Waals surface area contributed by atoms with Gasteiger partial charge < -0.3 is 19.9 Å². The largest absolute Gasteiger partial charge is 0.480 e. The number of aliphatic carboxylic acids is 1. The Kier molecular flexibility index (Phi) is 4.11. The highest BCUT2D eigenvalue weighted by molar-refractivity contribution is 5.80. The van der Waals surface area contributed by atoms with Crippen molar-refractivity contribution in [3.8, 4) is 0 Å². The Morgan fingerprint density at radius 2 is 2.33 bits per heavy atom. The highest BCUT2D eigenvalue weighted by Gasteiger charge is 2.35. The number of carboxylic acid groups (broad SMARTS) is 1. The van der Waals surface area contributed by atoms with Gasteiger partial charge in [-0.05, 0) is 0 Å². The van der Waals surface area contributed by atoms with Crippen LogP contribution in [0.3, 0.4) is 0 Å². The van der Waals surface area contributed by atoms with Gasteiger partial charge in [0.25, 0.3) is 0 Å². The molecule has 0 saturated carbocycles. The van der Waals surface area contributed by atoms with Crippen LogP contribution in [0.4, 0.5) is 4.79 Å². The molecule has 1 atom stereocenters. The third kappa shape index (κ3) is 3.25. The first kappa shape index (κ1) is 11.5. The third-order valence-corrected chi connectivity index (χ3v) is 2.01. The maximum absolute atomic E-state index is 11.1. The number of ether oxygens (including phenoxy) is 2. The highest BCUT2D eigenvalue weighted by atomic mass is 16.5. The van der Waals surface area contributed by atoms with E-state index in [0.29, 0.717) is 13.2 Å². The first-order chi connectivity index (χ1) is 7.15. The Bertz CT molecular complexity index is 261. The molecule has 0 aromatic rings. The zero-order chi connectivity index (χ0) is 11.3. The van der Waals surface area contributed by atoms with E-state index in [1.54, 1.807) is 0 Å². The van der Waals surface area contributed by atoms with Gasteiger partial charge in [-0.3, -0.25) is 0 Å². The Hall–Kier alpha value is -1.56. The average Bonchev–Trinajstić information content (AvgIpc) is 2.10. The van der Waals surface area contributed by atoms with E-state index in [9.17, 15) is 9.59 Å². The summed E-state index contributed by atoms with van der Waals surface area (Å²) in [6.07, 6.45) is 0.649. The van der Waals surface area contributed by atoms with Crippen LogP contribution in [0.5, 0.6) is 0 Å². The molecule has 0 aromatic heterocycles. The summed E-state index contributed by atoms with van der Waals surface area (Å²) < 4.78 is 9.48. The molecule has 1 amide bonds.